The van der Waals surface area contributed by atoms with Crippen LogP contribution in [0, 0.1) is 5.92 Å². The molecule has 1 aliphatic heterocycles. The Morgan fingerprint density at radius 1 is 1.58 bits per heavy atom. The number of sulfonamides is 1. The van der Waals surface area contributed by atoms with E-state index in [1.807, 2.05) is 6.92 Å². The van der Waals surface area contributed by atoms with Crippen molar-refractivity contribution in [2.45, 2.75) is 24.3 Å². The van der Waals surface area contributed by atoms with Gasteiger partial charge in [-0.15, -0.1) is 0 Å². The third-order valence-electron chi connectivity index (χ3n) is 3.35. The van der Waals surface area contributed by atoms with Crippen molar-refractivity contribution in [2.24, 2.45) is 11.8 Å². The first-order chi connectivity index (χ1) is 8.96. The van der Waals surface area contributed by atoms with Gasteiger partial charge in [0.25, 0.3) is 0 Å². The number of nitrogens with zero attached hydrogens (tertiary/aromatic N) is 2. The van der Waals surface area contributed by atoms with Crippen molar-refractivity contribution in [3.8, 4) is 0 Å². The topological polar surface area (TPSA) is 109 Å². The summed E-state index contributed by atoms with van der Waals surface area (Å²) in [7, 11) is -3.64. The summed E-state index contributed by atoms with van der Waals surface area (Å²) in [5, 5.41) is 9.67. The first kappa shape index (κ1) is 14.2. The number of hydrogen-bond acceptors (Lipinski definition) is 6. The average molecular weight is 286 g/mol. The summed E-state index contributed by atoms with van der Waals surface area (Å²) in [6, 6.07) is 3.02. The molecule has 0 aromatic carbocycles. The van der Waals surface area contributed by atoms with Crippen LogP contribution in [-0.4, -0.2) is 42.0 Å². The Balaban J connectivity index is 2.32. The molecule has 1 aliphatic rings. The van der Waals surface area contributed by atoms with Gasteiger partial charge in [-0.2, -0.15) is 4.31 Å². The molecule has 0 radical (unpaired) electrons. The van der Waals surface area contributed by atoms with E-state index in [1.54, 1.807) is 6.07 Å². The number of pyridine rings is 1. The highest BCUT2D eigenvalue weighted by molar-refractivity contribution is 7.89. The predicted molar refractivity (Wildman–Crippen MR) is 70.6 cm³/mol. The summed E-state index contributed by atoms with van der Waals surface area (Å²) in [6.45, 7) is 2.42. The summed E-state index contributed by atoms with van der Waals surface area (Å²) in [5.41, 5.74) is 2.29. The van der Waals surface area contributed by atoms with Crippen molar-refractivity contribution in [3.63, 3.8) is 0 Å². The Morgan fingerprint density at radius 3 is 2.95 bits per heavy atom. The fraction of sp³-hybridized carbons (Fsp3) is 0.545. The van der Waals surface area contributed by atoms with Gasteiger partial charge in [-0.1, -0.05) is 6.92 Å². The average Bonchev–Trinajstić information content (AvgIpc) is 2.41. The van der Waals surface area contributed by atoms with E-state index in [4.69, 9.17) is 5.84 Å². The van der Waals surface area contributed by atoms with E-state index < -0.39 is 16.1 Å². The van der Waals surface area contributed by atoms with Crippen LogP contribution in [0.25, 0.3) is 0 Å². The molecule has 0 aliphatic carbocycles. The summed E-state index contributed by atoms with van der Waals surface area (Å²) < 4.78 is 26.4. The van der Waals surface area contributed by atoms with E-state index in [2.05, 4.69) is 10.4 Å². The molecular weight excluding hydrogens is 268 g/mol. The minimum absolute atomic E-state index is 0.0566. The van der Waals surface area contributed by atoms with Gasteiger partial charge in [-0.3, -0.25) is 0 Å². The van der Waals surface area contributed by atoms with Gasteiger partial charge < -0.3 is 10.5 Å². The SMILES string of the molecule is CC1CN(S(=O)(=O)c2cccnc2NN)CCC1O. The lowest BCUT2D eigenvalue weighted by Gasteiger charge is -2.33. The molecule has 1 aromatic rings. The lowest BCUT2D eigenvalue weighted by atomic mass is 9.99. The van der Waals surface area contributed by atoms with Crippen LogP contribution in [0.15, 0.2) is 23.2 Å². The van der Waals surface area contributed by atoms with Crippen molar-refractivity contribution in [2.75, 3.05) is 18.5 Å². The third kappa shape index (κ3) is 2.71. The van der Waals surface area contributed by atoms with Crippen molar-refractivity contribution in [1.82, 2.24) is 9.29 Å². The fourth-order valence-electron chi connectivity index (χ4n) is 2.16. The Hall–Kier alpha value is -1.22. The number of rotatable bonds is 3. The Labute approximate surface area is 112 Å². The van der Waals surface area contributed by atoms with Crippen LogP contribution in [0.5, 0.6) is 0 Å². The maximum atomic E-state index is 12.5. The Morgan fingerprint density at radius 2 is 2.32 bits per heavy atom. The number of piperidine rings is 1. The molecule has 2 unspecified atom stereocenters. The molecule has 1 fully saturated rings. The van der Waals surface area contributed by atoms with E-state index >= 15 is 0 Å². The number of aliphatic hydroxyl groups excluding tert-OH is 1. The highest BCUT2D eigenvalue weighted by Crippen LogP contribution is 2.26. The van der Waals surface area contributed by atoms with E-state index in [1.165, 1.54) is 16.6 Å². The van der Waals surface area contributed by atoms with Crippen molar-refractivity contribution >= 4 is 15.8 Å². The van der Waals surface area contributed by atoms with Crippen molar-refractivity contribution < 1.29 is 13.5 Å². The molecule has 2 atom stereocenters. The minimum Gasteiger partial charge on any atom is -0.393 e. The Bertz CT molecular complexity index is 549. The van der Waals surface area contributed by atoms with Crippen LogP contribution in [0.2, 0.25) is 0 Å². The molecular formula is C11H18N4O3S. The molecule has 0 amide bonds. The van der Waals surface area contributed by atoms with Crippen LogP contribution in [0.4, 0.5) is 5.82 Å². The molecule has 106 valence electrons. The molecule has 0 spiro atoms. The first-order valence-corrected chi connectivity index (χ1v) is 7.50. The van der Waals surface area contributed by atoms with Gasteiger partial charge >= 0.3 is 0 Å². The molecule has 1 saturated heterocycles. The number of aliphatic hydroxyl groups is 1. The zero-order chi connectivity index (χ0) is 14.0. The zero-order valence-corrected chi connectivity index (χ0v) is 11.5. The summed E-state index contributed by atoms with van der Waals surface area (Å²) in [4.78, 5) is 3.96. The zero-order valence-electron chi connectivity index (χ0n) is 10.7. The first-order valence-electron chi connectivity index (χ1n) is 6.06. The van der Waals surface area contributed by atoms with Crippen molar-refractivity contribution in [3.05, 3.63) is 18.3 Å². The number of aromatic nitrogens is 1. The maximum absolute atomic E-state index is 12.5. The van der Waals surface area contributed by atoms with Crippen LogP contribution in [-0.2, 0) is 10.0 Å². The second-order valence-electron chi connectivity index (χ2n) is 4.69. The smallest absolute Gasteiger partial charge is 0.246 e. The Kier molecular flexibility index (Phi) is 4.04. The summed E-state index contributed by atoms with van der Waals surface area (Å²) >= 11 is 0. The highest BCUT2D eigenvalue weighted by Gasteiger charge is 2.34. The molecule has 19 heavy (non-hydrogen) atoms. The normalized spacial score (nSPS) is 25.2. The van der Waals surface area contributed by atoms with Gasteiger partial charge in [0, 0.05) is 19.3 Å². The van der Waals surface area contributed by atoms with E-state index in [9.17, 15) is 13.5 Å². The quantitative estimate of drug-likeness (QED) is 0.522. The molecule has 0 saturated carbocycles. The second-order valence-corrected chi connectivity index (χ2v) is 6.60. The molecule has 2 rings (SSSR count). The van der Waals surface area contributed by atoms with Crippen LogP contribution in [0.3, 0.4) is 0 Å². The van der Waals surface area contributed by atoms with Gasteiger partial charge in [0.05, 0.1) is 6.10 Å². The van der Waals surface area contributed by atoms with Gasteiger partial charge in [0.15, 0.2) is 5.82 Å². The molecule has 2 heterocycles. The molecule has 4 N–H and O–H groups in total. The van der Waals surface area contributed by atoms with Crippen LogP contribution < -0.4 is 11.3 Å². The van der Waals surface area contributed by atoms with Crippen molar-refractivity contribution in [1.29, 1.82) is 0 Å². The third-order valence-corrected chi connectivity index (χ3v) is 5.24. The second kappa shape index (κ2) is 5.41. The molecule has 0 bridgehead atoms. The molecule has 7 nitrogen and oxygen atoms in total. The number of nitrogens with one attached hydrogen (secondary N) is 1. The monoisotopic (exact) mass is 286 g/mol. The standard InChI is InChI=1S/C11H18N4O3S/c1-8-7-15(6-4-9(8)16)19(17,18)10-3-2-5-13-11(10)14-12/h2-3,5,8-9,16H,4,6-7,12H2,1H3,(H,13,14). The number of anilines is 1. The van der Waals surface area contributed by atoms with Gasteiger partial charge in [-0.25, -0.2) is 19.2 Å². The number of hydrazine groups is 1. The lowest BCUT2D eigenvalue weighted by molar-refractivity contribution is 0.0629. The van der Waals surface area contributed by atoms with E-state index in [0.717, 1.165) is 0 Å². The number of nitrogens with two attached hydrogens (primary N) is 1. The van der Waals surface area contributed by atoms with Gasteiger partial charge in [0.1, 0.15) is 4.90 Å². The van der Waals surface area contributed by atoms with E-state index in [0.29, 0.717) is 19.5 Å². The number of nitrogen functional groups attached to an aromatic ring is 1. The lowest BCUT2D eigenvalue weighted by Crippen LogP contribution is -2.45. The largest absolute Gasteiger partial charge is 0.393 e. The minimum atomic E-state index is -3.64. The maximum Gasteiger partial charge on any atom is 0.246 e. The molecule has 1 aromatic heterocycles. The van der Waals surface area contributed by atoms with E-state index in [-0.39, 0.29) is 16.6 Å². The van der Waals surface area contributed by atoms with Crippen LogP contribution >= 0.6 is 0 Å². The van der Waals surface area contributed by atoms with Crippen LogP contribution in [0.1, 0.15) is 13.3 Å². The fourth-order valence-corrected chi connectivity index (χ4v) is 3.82. The van der Waals surface area contributed by atoms with Gasteiger partial charge in [-0.05, 0) is 24.5 Å². The summed E-state index contributed by atoms with van der Waals surface area (Å²) in [5.74, 6) is 5.33. The number of hydrogen-bond donors (Lipinski definition) is 3. The molecule has 8 heteroatoms. The van der Waals surface area contributed by atoms with Gasteiger partial charge in [0.2, 0.25) is 10.0 Å². The highest BCUT2D eigenvalue weighted by atomic mass is 32.2. The summed E-state index contributed by atoms with van der Waals surface area (Å²) in [6.07, 6.45) is 1.45. The predicted octanol–water partition coefficient (Wildman–Crippen LogP) is -0.241.